The van der Waals surface area contributed by atoms with Gasteiger partial charge in [0.15, 0.2) is 0 Å². The fourth-order valence-corrected chi connectivity index (χ4v) is 6.42. The van der Waals surface area contributed by atoms with Gasteiger partial charge in [0.2, 0.25) is 11.0 Å². The number of nitrogens with zero attached hydrogens (tertiary/aromatic N) is 4. The number of aryl methyl sites for hydroxylation is 2. The molecule has 36 heavy (non-hydrogen) atoms. The largest absolute Gasteiger partial charge is 0.379 e. The number of morpholine rings is 1. The van der Waals surface area contributed by atoms with Crippen LogP contribution in [-0.2, 0) is 39.9 Å². The van der Waals surface area contributed by atoms with Gasteiger partial charge in [-0.25, -0.2) is 4.21 Å². The molecular formula is C25H28ClN5O3S2. The van der Waals surface area contributed by atoms with E-state index in [0.717, 1.165) is 56.4 Å². The number of nitrogens with one attached hydrogen (secondary N) is 1. The molecule has 0 spiro atoms. The number of carbonyl (C=O) groups excluding carboxylic acids is 1. The Morgan fingerprint density at radius 2 is 1.75 bits per heavy atom. The summed E-state index contributed by atoms with van der Waals surface area (Å²) >= 11 is 7.33. The summed E-state index contributed by atoms with van der Waals surface area (Å²) in [6.07, 6.45) is 1.80. The van der Waals surface area contributed by atoms with Gasteiger partial charge in [-0.2, -0.15) is 0 Å². The highest BCUT2D eigenvalue weighted by molar-refractivity contribution is 7.87. The second-order valence-electron chi connectivity index (χ2n) is 8.91. The Bertz CT molecular complexity index is 1200. The van der Waals surface area contributed by atoms with Crippen LogP contribution in [-0.4, -0.2) is 63.3 Å². The maximum atomic E-state index is 13.0. The van der Waals surface area contributed by atoms with Gasteiger partial charge in [0, 0.05) is 49.7 Å². The number of rotatable bonds is 9. The first-order valence-electron chi connectivity index (χ1n) is 12.0. The van der Waals surface area contributed by atoms with Crippen molar-refractivity contribution in [2.24, 2.45) is 0 Å². The highest BCUT2D eigenvalue weighted by Crippen LogP contribution is 2.26. The van der Waals surface area contributed by atoms with Crippen LogP contribution in [0.2, 0.25) is 5.02 Å². The Balaban J connectivity index is 1.12. The lowest BCUT2D eigenvalue weighted by Gasteiger charge is -2.26. The zero-order valence-corrected chi connectivity index (χ0v) is 22.2. The van der Waals surface area contributed by atoms with Crippen LogP contribution in [0, 0.1) is 0 Å². The Kier molecular flexibility index (Phi) is 8.28. The van der Waals surface area contributed by atoms with E-state index in [4.69, 9.17) is 16.3 Å². The van der Waals surface area contributed by atoms with Crippen molar-refractivity contribution in [3.05, 3.63) is 69.7 Å². The van der Waals surface area contributed by atoms with Crippen LogP contribution in [0.1, 0.15) is 22.6 Å². The predicted octanol–water partition coefficient (Wildman–Crippen LogP) is 3.69. The molecule has 0 saturated carbocycles. The van der Waals surface area contributed by atoms with Gasteiger partial charge in [-0.15, -0.1) is 10.2 Å². The van der Waals surface area contributed by atoms with Crippen molar-refractivity contribution in [2.75, 3.05) is 42.5 Å². The van der Waals surface area contributed by atoms with E-state index in [-0.39, 0.29) is 17.6 Å². The average molecular weight is 546 g/mol. The van der Waals surface area contributed by atoms with Crippen molar-refractivity contribution in [1.29, 1.82) is 0 Å². The van der Waals surface area contributed by atoms with E-state index >= 15 is 0 Å². The molecule has 0 bridgehead atoms. The highest BCUT2D eigenvalue weighted by Gasteiger charge is 2.35. The smallest absolute Gasteiger partial charge is 0.228 e. The topological polar surface area (TPSA) is 87.7 Å². The summed E-state index contributed by atoms with van der Waals surface area (Å²) in [5.74, 6) is -0.0167. The van der Waals surface area contributed by atoms with E-state index in [0.29, 0.717) is 16.7 Å². The third-order valence-corrected chi connectivity index (χ3v) is 8.94. The van der Waals surface area contributed by atoms with E-state index in [1.165, 1.54) is 22.5 Å². The zero-order valence-electron chi connectivity index (χ0n) is 19.8. The third kappa shape index (κ3) is 6.49. The molecule has 8 nitrogen and oxygen atoms in total. The number of halogens is 1. The van der Waals surface area contributed by atoms with E-state index in [2.05, 4.69) is 32.0 Å². The monoisotopic (exact) mass is 545 g/mol. The standard InChI is InChI=1S/C25H28ClN5O3S2/c26-20-6-1-18(2-7-20)5-10-23-27-28-25(35-23)29-36(33)22-15-24(32)31(17-22)21-8-3-19(4-9-21)16-30-11-13-34-14-12-30/h1-4,6-9,22H,5,10-17H2,(H,28,29)/t22?,36-/m0/s1. The normalized spacial score (nSPS) is 19.5. The number of hydrogen-bond acceptors (Lipinski definition) is 7. The van der Waals surface area contributed by atoms with Gasteiger partial charge >= 0.3 is 0 Å². The first-order valence-corrected chi connectivity index (χ1v) is 14.4. The molecule has 0 aliphatic carbocycles. The molecule has 2 aromatic carbocycles. The van der Waals surface area contributed by atoms with Gasteiger partial charge < -0.3 is 9.64 Å². The molecule has 2 saturated heterocycles. The molecule has 0 radical (unpaired) electrons. The Morgan fingerprint density at radius 3 is 2.50 bits per heavy atom. The van der Waals surface area contributed by atoms with Gasteiger partial charge in [-0.3, -0.25) is 14.4 Å². The number of aromatic nitrogens is 2. The van der Waals surface area contributed by atoms with Gasteiger partial charge in [0.05, 0.1) is 18.5 Å². The van der Waals surface area contributed by atoms with Crippen LogP contribution in [0.25, 0.3) is 0 Å². The molecule has 1 aromatic heterocycles. The second kappa shape index (κ2) is 11.8. The first-order chi connectivity index (χ1) is 17.5. The Labute approximate surface area is 222 Å². The predicted molar refractivity (Wildman–Crippen MR) is 144 cm³/mol. The van der Waals surface area contributed by atoms with Crippen LogP contribution >= 0.6 is 22.9 Å². The average Bonchev–Trinajstić information content (AvgIpc) is 3.51. The lowest BCUT2D eigenvalue weighted by Crippen LogP contribution is -2.35. The van der Waals surface area contributed by atoms with E-state index in [1.54, 1.807) is 4.90 Å². The molecule has 1 N–H and O–H groups in total. The van der Waals surface area contributed by atoms with Crippen LogP contribution < -0.4 is 9.62 Å². The molecule has 1 unspecified atom stereocenters. The van der Waals surface area contributed by atoms with Crippen molar-refractivity contribution in [3.8, 4) is 0 Å². The minimum Gasteiger partial charge on any atom is -0.379 e. The van der Waals surface area contributed by atoms with Gasteiger partial charge in [0.25, 0.3) is 0 Å². The van der Waals surface area contributed by atoms with Crippen molar-refractivity contribution in [1.82, 2.24) is 15.1 Å². The van der Waals surface area contributed by atoms with Crippen molar-refractivity contribution in [2.45, 2.75) is 31.1 Å². The summed E-state index contributed by atoms with van der Waals surface area (Å²) in [5.41, 5.74) is 3.22. The van der Waals surface area contributed by atoms with Crippen LogP contribution in [0.15, 0.2) is 48.5 Å². The summed E-state index contributed by atoms with van der Waals surface area (Å²) < 4.78 is 21.3. The molecular weight excluding hydrogens is 518 g/mol. The quantitative estimate of drug-likeness (QED) is 0.441. The van der Waals surface area contributed by atoms with Crippen LogP contribution in [0.4, 0.5) is 10.8 Å². The second-order valence-corrected chi connectivity index (χ2v) is 11.9. The number of anilines is 2. The van der Waals surface area contributed by atoms with E-state index < -0.39 is 11.0 Å². The van der Waals surface area contributed by atoms with Gasteiger partial charge in [-0.05, 0) is 41.8 Å². The molecule has 2 aliphatic heterocycles. The van der Waals surface area contributed by atoms with Crippen molar-refractivity contribution in [3.63, 3.8) is 0 Å². The lowest BCUT2D eigenvalue weighted by atomic mass is 10.1. The summed E-state index contributed by atoms with van der Waals surface area (Å²) in [4.78, 5) is 16.8. The van der Waals surface area contributed by atoms with Crippen molar-refractivity contribution < 1.29 is 13.7 Å². The summed E-state index contributed by atoms with van der Waals surface area (Å²) in [5, 5.41) is 10.1. The lowest BCUT2D eigenvalue weighted by molar-refractivity contribution is -0.117. The number of ether oxygens (including phenoxy) is 1. The maximum absolute atomic E-state index is 13.0. The van der Waals surface area contributed by atoms with E-state index in [9.17, 15) is 9.00 Å². The minimum absolute atomic E-state index is 0.0167. The fourth-order valence-electron chi connectivity index (χ4n) is 4.33. The van der Waals surface area contributed by atoms with Crippen LogP contribution in [0.5, 0.6) is 0 Å². The van der Waals surface area contributed by atoms with Crippen LogP contribution in [0.3, 0.4) is 0 Å². The van der Waals surface area contributed by atoms with Crippen molar-refractivity contribution >= 4 is 50.6 Å². The Morgan fingerprint density at radius 1 is 1.03 bits per heavy atom. The molecule has 2 aliphatic rings. The third-order valence-electron chi connectivity index (χ3n) is 6.35. The highest BCUT2D eigenvalue weighted by atomic mass is 35.5. The summed E-state index contributed by atoms with van der Waals surface area (Å²) in [6, 6.07) is 15.8. The molecule has 2 fully saturated rings. The molecule has 1 amide bonds. The number of amides is 1. The SMILES string of the molecule is O=C1CC([S@](=O)Nc2nnc(CCc3ccc(Cl)cc3)s2)CN1c1ccc(CN2CCOCC2)cc1. The van der Waals surface area contributed by atoms with Gasteiger partial charge in [0.1, 0.15) is 16.0 Å². The molecule has 3 heterocycles. The summed E-state index contributed by atoms with van der Waals surface area (Å²) in [7, 11) is -1.44. The first kappa shape index (κ1) is 25.3. The molecule has 5 rings (SSSR count). The zero-order chi connectivity index (χ0) is 24.9. The fraction of sp³-hybridized carbons (Fsp3) is 0.400. The number of carbonyl (C=O) groups is 1. The number of hydrogen-bond donors (Lipinski definition) is 1. The Hall–Kier alpha value is -2.37. The molecule has 11 heteroatoms. The molecule has 3 aromatic rings. The summed E-state index contributed by atoms with van der Waals surface area (Å²) in [6.45, 7) is 4.70. The van der Waals surface area contributed by atoms with Gasteiger partial charge in [-0.1, -0.05) is 47.2 Å². The minimum atomic E-state index is -1.44. The molecule has 2 atom stereocenters. The molecule has 190 valence electrons. The van der Waals surface area contributed by atoms with E-state index in [1.807, 2.05) is 36.4 Å². The maximum Gasteiger partial charge on any atom is 0.228 e. The number of benzene rings is 2.